The molecule has 2 aliphatic rings. The molecule has 228 valence electrons. The Hall–Kier alpha value is -5.24. The Kier molecular flexibility index (Phi) is 7.86. The first kappa shape index (κ1) is 28.5. The number of fused-ring (bicyclic) bond motifs is 2. The average Bonchev–Trinajstić information content (AvgIpc) is 3.33. The van der Waals surface area contributed by atoms with Crippen LogP contribution in [0.2, 0.25) is 0 Å². The summed E-state index contributed by atoms with van der Waals surface area (Å²) in [7, 11) is 0. The van der Waals surface area contributed by atoms with Crippen LogP contribution in [0.3, 0.4) is 0 Å². The molecule has 0 atom stereocenters. The Morgan fingerprint density at radius 2 is 1.62 bits per heavy atom. The number of carbonyl (C=O) groups is 1. The van der Waals surface area contributed by atoms with Crippen molar-refractivity contribution in [1.29, 1.82) is 0 Å². The van der Waals surface area contributed by atoms with E-state index < -0.39 is 5.91 Å². The van der Waals surface area contributed by atoms with E-state index in [-0.39, 0.29) is 0 Å². The number of hydrogen-bond donors (Lipinski definition) is 3. The highest BCUT2D eigenvalue weighted by Gasteiger charge is 2.26. The van der Waals surface area contributed by atoms with Crippen molar-refractivity contribution in [2.45, 2.75) is 38.6 Å². The minimum absolute atomic E-state index is 0.397. The quantitative estimate of drug-likeness (QED) is 0.163. The van der Waals surface area contributed by atoms with Gasteiger partial charge in [0, 0.05) is 42.3 Å². The monoisotopic (exact) mass is 598 g/mol. The number of hydrogen-bond acceptors (Lipinski definition) is 6. The maximum Gasteiger partial charge on any atom is 0.254 e. The molecular weight excluding hydrogens is 560 g/mol. The van der Waals surface area contributed by atoms with E-state index in [2.05, 4.69) is 40.5 Å². The van der Waals surface area contributed by atoms with Crippen LogP contribution in [0.4, 0.5) is 22.9 Å². The van der Waals surface area contributed by atoms with Crippen LogP contribution in [0.15, 0.2) is 97.1 Å². The van der Waals surface area contributed by atoms with Gasteiger partial charge in [-0.15, -0.1) is 0 Å². The van der Waals surface area contributed by atoms with Crippen LogP contribution in [0.5, 0.6) is 11.5 Å². The Morgan fingerprint density at radius 1 is 0.889 bits per heavy atom. The number of carbonyl (C=O) groups excluding carboxylic acids is 1. The van der Waals surface area contributed by atoms with Gasteiger partial charge in [0.25, 0.3) is 5.91 Å². The Morgan fingerprint density at radius 3 is 2.36 bits per heavy atom. The molecule has 0 bridgehead atoms. The van der Waals surface area contributed by atoms with Gasteiger partial charge in [-0.1, -0.05) is 30.3 Å². The second kappa shape index (κ2) is 12.4. The molecule has 2 aliphatic heterocycles. The molecule has 1 fully saturated rings. The minimum Gasteiger partial charge on any atom is -0.457 e. The number of piperidine rings is 1. The number of anilines is 4. The second-order valence-electron chi connectivity index (χ2n) is 12.0. The Bertz CT molecular complexity index is 1790. The van der Waals surface area contributed by atoms with Crippen molar-refractivity contribution in [3.05, 3.63) is 114 Å². The zero-order chi connectivity index (χ0) is 30.8. The second-order valence-corrected chi connectivity index (χ2v) is 12.0. The highest BCUT2D eigenvalue weighted by atomic mass is 16.5. The molecule has 0 aliphatic carbocycles. The first-order valence-corrected chi connectivity index (χ1v) is 15.7. The summed E-state index contributed by atoms with van der Waals surface area (Å²) in [5, 5.41) is 8.36. The van der Waals surface area contributed by atoms with Crippen LogP contribution in [0.1, 0.15) is 40.7 Å². The fourth-order valence-electron chi connectivity index (χ4n) is 6.51. The molecule has 5 aromatic rings. The van der Waals surface area contributed by atoms with Gasteiger partial charge in [0.15, 0.2) is 0 Å². The van der Waals surface area contributed by atoms with E-state index in [1.54, 1.807) is 0 Å². The first-order valence-electron chi connectivity index (χ1n) is 15.7. The number of nitrogens with zero attached hydrogens (tertiary/aromatic N) is 3. The number of ether oxygens (including phenoxy) is 1. The number of amides is 1. The Labute approximate surface area is 263 Å². The molecule has 0 saturated carbocycles. The highest BCUT2D eigenvalue weighted by molar-refractivity contribution is 6.04. The molecule has 8 nitrogen and oxygen atoms in total. The van der Waals surface area contributed by atoms with Gasteiger partial charge in [0.1, 0.15) is 28.6 Å². The molecule has 1 amide bonds. The predicted octanol–water partition coefficient (Wildman–Crippen LogP) is 7.17. The lowest BCUT2D eigenvalue weighted by Gasteiger charge is -2.33. The summed E-state index contributed by atoms with van der Waals surface area (Å²) in [6.45, 7) is 2.83. The standard InChI is InChI=1S/C37H38N6O2/c38-29-11-13-30(14-12-29)42-21-18-25(19-22-42)6-7-26-8-17-33-28(24-26)20-23-43-37(40-33)34(36(39)44)35(41-43)27-9-15-32(16-10-27)45-31-4-2-1-3-5-31/h1-5,8-17,24-25,40H,6-7,18-23,38H2,(H2,39,44). The van der Waals surface area contributed by atoms with Crippen molar-refractivity contribution in [1.82, 2.24) is 9.78 Å². The summed E-state index contributed by atoms with van der Waals surface area (Å²) in [5.41, 5.74) is 19.2. The maximum atomic E-state index is 12.8. The number of aryl methyl sites for hydroxylation is 3. The maximum absolute atomic E-state index is 12.8. The molecule has 45 heavy (non-hydrogen) atoms. The van der Waals surface area contributed by atoms with Crippen molar-refractivity contribution in [2.24, 2.45) is 11.7 Å². The van der Waals surface area contributed by atoms with E-state index >= 15 is 0 Å². The predicted molar refractivity (Wildman–Crippen MR) is 180 cm³/mol. The van der Waals surface area contributed by atoms with Crippen LogP contribution >= 0.6 is 0 Å². The smallest absolute Gasteiger partial charge is 0.254 e. The third kappa shape index (κ3) is 6.22. The summed E-state index contributed by atoms with van der Waals surface area (Å²) in [6.07, 6.45) is 5.48. The average molecular weight is 599 g/mol. The number of para-hydroxylation sites is 1. The molecular formula is C37H38N6O2. The van der Waals surface area contributed by atoms with E-state index in [4.69, 9.17) is 21.3 Å². The largest absolute Gasteiger partial charge is 0.457 e. The summed E-state index contributed by atoms with van der Waals surface area (Å²) >= 11 is 0. The van der Waals surface area contributed by atoms with Crippen LogP contribution in [0.25, 0.3) is 11.3 Å². The number of rotatable bonds is 8. The van der Waals surface area contributed by atoms with Gasteiger partial charge in [0.05, 0.1) is 0 Å². The molecule has 8 heteroatoms. The lowest BCUT2D eigenvalue weighted by molar-refractivity contribution is 0.100. The van der Waals surface area contributed by atoms with Gasteiger partial charge in [-0.25, -0.2) is 4.68 Å². The van der Waals surface area contributed by atoms with Crippen molar-refractivity contribution < 1.29 is 9.53 Å². The van der Waals surface area contributed by atoms with Gasteiger partial charge in [-0.3, -0.25) is 4.79 Å². The number of nitrogens with two attached hydrogens (primary N) is 2. The summed E-state index contributed by atoms with van der Waals surface area (Å²) < 4.78 is 7.81. The fraction of sp³-hybridized carbons (Fsp3) is 0.243. The number of primary amides is 1. The number of benzene rings is 4. The SMILES string of the molecule is NC(=O)c1c(-c2ccc(Oc3ccccc3)cc2)nn2c1Nc1ccc(CCC3CCN(c4ccc(N)cc4)CC3)cc1CC2. The van der Waals surface area contributed by atoms with E-state index in [0.717, 1.165) is 54.5 Å². The van der Waals surface area contributed by atoms with E-state index in [9.17, 15) is 4.79 Å². The van der Waals surface area contributed by atoms with Gasteiger partial charge >= 0.3 is 0 Å². The van der Waals surface area contributed by atoms with Crippen molar-refractivity contribution in [3.63, 3.8) is 0 Å². The minimum atomic E-state index is -0.508. The molecule has 1 saturated heterocycles. The Balaban J connectivity index is 1.02. The van der Waals surface area contributed by atoms with Crippen LogP contribution in [-0.2, 0) is 19.4 Å². The molecule has 0 radical (unpaired) electrons. The van der Waals surface area contributed by atoms with Crippen molar-refractivity contribution in [3.8, 4) is 22.8 Å². The summed E-state index contributed by atoms with van der Waals surface area (Å²) in [5.74, 6) is 2.33. The number of nitrogen functional groups attached to an aromatic ring is 1. The summed E-state index contributed by atoms with van der Waals surface area (Å²) in [4.78, 5) is 15.2. The molecule has 7 rings (SSSR count). The zero-order valence-electron chi connectivity index (χ0n) is 25.3. The van der Waals surface area contributed by atoms with Crippen LogP contribution in [-0.4, -0.2) is 28.8 Å². The summed E-state index contributed by atoms with van der Waals surface area (Å²) in [6, 6.07) is 32.1. The van der Waals surface area contributed by atoms with E-state index in [0.29, 0.717) is 29.4 Å². The lowest BCUT2D eigenvalue weighted by atomic mass is 9.90. The normalized spacial score (nSPS) is 14.6. The number of nitrogens with one attached hydrogen (secondary N) is 1. The highest BCUT2D eigenvalue weighted by Crippen LogP contribution is 2.36. The van der Waals surface area contributed by atoms with Crippen molar-refractivity contribution >= 4 is 28.8 Å². The zero-order valence-corrected chi connectivity index (χ0v) is 25.3. The molecule has 1 aromatic heterocycles. The molecule has 0 unspecified atom stereocenters. The van der Waals surface area contributed by atoms with Gasteiger partial charge in [-0.2, -0.15) is 5.10 Å². The fourth-order valence-corrected chi connectivity index (χ4v) is 6.51. The molecule has 4 aromatic carbocycles. The number of aromatic nitrogens is 2. The van der Waals surface area contributed by atoms with Crippen LogP contribution < -0.4 is 26.4 Å². The van der Waals surface area contributed by atoms with Crippen LogP contribution in [0, 0.1) is 5.92 Å². The lowest BCUT2D eigenvalue weighted by Crippen LogP contribution is -2.33. The molecule has 0 spiro atoms. The molecule has 5 N–H and O–H groups in total. The van der Waals surface area contributed by atoms with Gasteiger partial charge in [0.2, 0.25) is 0 Å². The third-order valence-corrected chi connectivity index (χ3v) is 9.04. The molecule has 3 heterocycles. The first-order chi connectivity index (χ1) is 22.0. The van der Waals surface area contributed by atoms with Gasteiger partial charge in [-0.05, 0) is 116 Å². The van der Waals surface area contributed by atoms with Gasteiger partial charge < -0.3 is 26.4 Å². The van der Waals surface area contributed by atoms with Crippen molar-refractivity contribution in [2.75, 3.05) is 29.0 Å². The van der Waals surface area contributed by atoms with E-state index in [1.165, 1.54) is 36.1 Å². The van der Waals surface area contributed by atoms with E-state index in [1.807, 2.05) is 71.4 Å². The third-order valence-electron chi connectivity index (χ3n) is 9.04. The topological polar surface area (TPSA) is 111 Å².